The smallest absolute Gasteiger partial charge is 0.319 e. The second kappa shape index (κ2) is 6.46. The standard InChI is InChI=1S/C15H28N2O3/c1-11(15(2,3)4)16(5)14(20)17-8-6-12(7-9-17)10-13(18)19/h11-12H,6-10H2,1-5H3,(H,18,19). The number of likely N-dealkylation sites (tertiary alicyclic amines) is 1. The summed E-state index contributed by atoms with van der Waals surface area (Å²) in [5.74, 6) is -0.532. The van der Waals surface area contributed by atoms with Crippen LogP contribution in [0.5, 0.6) is 0 Å². The van der Waals surface area contributed by atoms with E-state index in [4.69, 9.17) is 5.11 Å². The molecular weight excluding hydrogens is 256 g/mol. The Bertz CT molecular complexity index is 355. The van der Waals surface area contributed by atoms with E-state index in [-0.39, 0.29) is 29.8 Å². The minimum Gasteiger partial charge on any atom is -0.481 e. The highest BCUT2D eigenvalue weighted by atomic mass is 16.4. The summed E-state index contributed by atoms with van der Waals surface area (Å²) in [4.78, 5) is 26.8. The molecule has 0 radical (unpaired) electrons. The third kappa shape index (κ3) is 4.39. The Kier molecular flexibility index (Phi) is 5.42. The molecule has 1 atom stereocenters. The zero-order valence-electron chi connectivity index (χ0n) is 13.3. The summed E-state index contributed by atoms with van der Waals surface area (Å²) in [5.41, 5.74) is 0.0477. The lowest BCUT2D eigenvalue weighted by Crippen LogP contribution is -2.51. The predicted octanol–water partition coefficient (Wildman–Crippen LogP) is 2.66. The lowest BCUT2D eigenvalue weighted by Gasteiger charge is -2.40. The average Bonchev–Trinajstić information content (AvgIpc) is 2.35. The van der Waals surface area contributed by atoms with Gasteiger partial charge in [0.2, 0.25) is 0 Å². The summed E-state index contributed by atoms with van der Waals surface area (Å²) in [5, 5.41) is 8.80. The van der Waals surface area contributed by atoms with Crippen LogP contribution < -0.4 is 0 Å². The molecule has 0 aliphatic carbocycles. The zero-order chi connectivity index (χ0) is 15.5. The van der Waals surface area contributed by atoms with Crippen molar-refractivity contribution < 1.29 is 14.7 Å². The number of urea groups is 1. The number of nitrogens with zero attached hydrogens (tertiary/aromatic N) is 2. The largest absolute Gasteiger partial charge is 0.481 e. The van der Waals surface area contributed by atoms with Crippen molar-refractivity contribution in [1.29, 1.82) is 0 Å². The molecule has 0 aromatic heterocycles. The highest BCUT2D eigenvalue weighted by Gasteiger charge is 2.31. The van der Waals surface area contributed by atoms with Crippen LogP contribution in [0.2, 0.25) is 0 Å². The summed E-state index contributed by atoms with van der Waals surface area (Å²) < 4.78 is 0. The van der Waals surface area contributed by atoms with E-state index < -0.39 is 5.97 Å². The van der Waals surface area contributed by atoms with E-state index in [1.54, 1.807) is 4.90 Å². The van der Waals surface area contributed by atoms with Gasteiger partial charge in [0, 0.05) is 32.6 Å². The fourth-order valence-corrected chi connectivity index (χ4v) is 2.55. The monoisotopic (exact) mass is 284 g/mol. The number of hydrogen-bond donors (Lipinski definition) is 1. The molecule has 0 aromatic carbocycles. The van der Waals surface area contributed by atoms with Gasteiger partial charge in [-0.1, -0.05) is 20.8 Å². The molecule has 1 N–H and O–H groups in total. The maximum atomic E-state index is 12.5. The van der Waals surface area contributed by atoms with E-state index in [1.807, 2.05) is 11.9 Å². The van der Waals surface area contributed by atoms with Gasteiger partial charge in [-0.2, -0.15) is 0 Å². The molecule has 20 heavy (non-hydrogen) atoms. The zero-order valence-corrected chi connectivity index (χ0v) is 13.3. The van der Waals surface area contributed by atoms with Gasteiger partial charge in [0.15, 0.2) is 0 Å². The molecule has 116 valence electrons. The molecule has 1 rings (SSSR count). The van der Waals surface area contributed by atoms with Crippen molar-refractivity contribution in [2.75, 3.05) is 20.1 Å². The van der Waals surface area contributed by atoms with E-state index in [1.165, 1.54) is 0 Å². The van der Waals surface area contributed by atoms with Crippen LogP contribution in [0.4, 0.5) is 4.79 Å². The van der Waals surface area contributed by atoms with Crippen LogP contribution in [0.25, 0.3) is 0 Å². The number of rotatable bonds is 3. The Hall–Kier alpha value is -1.26. The molecule has 1 aliphatic rings. The Morgan fingerprint density at radius 1 is 1.30 bits per heavy atom. The second-order valence-corrected chi connectivity index (χ2v) is 6.96. The van der Waals surface area contributed by atoms with Crippen LogP contribution in [0.3, 0.4) is 0 Å². The average molecular weight is 284 g/mol. The number of carboxylic acids is 1. The number of carboxylic acid groups (broad SMARTS) is 1. The summed E-state index contributed by atoms with van der Waals surface area (Å²) in [7, 11) is 1.85. The molecule has 5 nitrogen and oxygen atoms in total. The minimum atomic E-state index is -0.742. The summed E-state index contributed by atoms with van der Waals surface area (Å²) in [6.45, 7) is 9.77. The van der Waals surface area contributed by atoms with E-state index in [0.29, 0.717) is 13.1 Å². The summed E-state index contributed by atoms with van der Waals surface area (Å²) in [6.07, 6.45) is 1.79. The number of carbonyl (C=O) groups excluding carboxylic acids is 1. The van der Waals surface area contributed by atoms with Crippen molar-refractivity contribution in [3.8, 4) is 0 Å². The van der Waals surface area contributed by atoms with E-state index in [0.717, 1.165) is 12.8 Å². The van der Waals surface area contributed by atoms with Gasteiger partial charge in [0.05, 0.1) is 0 Å². The molecule has 0 bridgehead atoms. The summed E-state index contributed by atoms with van der Waals surface area (Å²) in [6, 6.07) is 0.216. The normalized spacial score (nSPS) is 18.8. The quantitative estimate of drug-likeness (QED) is 0.866. The number of carbonyl (C=O) groups is 2. The summed E-state index contributed by atoms with van der Waals surface area (Å²) >= 11 is 0. The topological polar surface area (TPSA) is 60.9 Å². The number of hydrogen-bond acceptors (Lipinski definition) is 2. The molecule has 1 fully saturated rings. The van der Waals surface area contributed by atoms with Gasteiger partial charge in [-0.3, -0.25) is 4.79 Å². The van der Waals surface area contributed by atoms with E-state index >= 15 is 0 Å². The molecule has 1 saturated heterocycles. The first kappa shape index (κ1) is 16.8. The molecule has 2 amide bonds. The lowest BCUT2D eigenvalue weighted by molar-refractivity contribution is -0.138. The van der Waals surface area contributed by atoms with Gasteiger partial charge in [-0.25, -0.2) is 4.79 Å². The molecule has 1 aliphatic heterocycles. The molecule has 0 aromatic rings. The van der Waals surface area contributed by atoms with E-state index in [2.05, 4.69) is 27.7 Å². The number of aliphatic carboxylic acids is 1. The van der Waals surface area contributed by atoms with E-state index in [9.17, 15) is 9.59 Å². The van der Waals surface area contributed by atoms with Crippen molar-refractivity contribution in [2.45, 2.75) is 53.0 Å². The van der Waals surface area contributed by atoms with Crippen molar-refractivity contribution in [1.82, 2.24) is 9.80 Å². The van der Waals surface area contributed by atoms with Crippen LogP contribution in [0.1, 0.15) is 47.0 Å². The van der Waals surface area contributed by atoms with Crippen molar-refractivity contribution in [3.05, 3.63) is 0 Å². The first-order valence-corrected chi connectivity index (χ1v) is 7.36. The molecule has 5 heteroatoms. The Morgan fingerprint density at radius 3 is 2.20 bits per heavy atom. The van der Waals surface area contributed by atoms with Gasteiger partial charge in [0.1, 0.15) is 0 Å². The molecular formula is C15H28N2O3. The van der Waals surface area contributed by atoms with Gasteiger partial charge >= 0.3 is 12.0 Å². The van der Waals surface area contributed by atoms with Crippen LogP contribution in [-0.4, -0.2) is 53.1 Å². The minimum absolute atomic E-state index is 0.0477. The fraction of sp³-hybridized carbons (Fsp3) is 0.867. The molecule has 0 spiro atoms. The lowest BCUT2D eigenvalue weighted by atomic mass is 9.87. The maximum Gasteiger partial charge on any atom is 0.319 e. The van der Waals surface area contributed by atoms with Crippen molar-refractivity contribution in [2.24, 2.45) is 11.3 Å². The van der Waals surface area contributed by atoms with Gasteiger partial charge in [0.25, 0.3) is 0 Å². The van der Waals surface area contributed by atoms with Crippen LogP contribution in [0.15, 0.2) is 0 Å². The fourth-order valence-electron chi connectivity index (χ4n) is 2.55. The van der Waals surface area contributed by atoms with Gasteiger partial charge in [-0.15, -0.1) is 0 Å². The third-order valence-corrected chi connectivity index (χ3v) is 4.48. The highest BCUT2D eigenvalue weighted by molar-refractivity contribution is 5.74. The Balaban J connectivity index is 2.52. The first-order valence-electron chi connectivity index (χ1n) is 7.36. The molecule has 0 saturated carbocycles. The maximum absolute atomic E-state index is 12.5. The van der Waals surface area contributed by atoms with Crippen molar-refractivity contribution in [3.63, 3.8) is 0 Å². The highest BCUT2D eigenvalue weighted by Crippen LogP contribution is 2.26. The number of amides is 2. The Labute approximate surface area is 121 Å². The second-order valence-electron chi connectivity index (χ2n) is 6.96. The molecule has 1 heterocycles. The van der Waals surface area contributed by atoms with Gasteiger partial charge < -0.3 is 14.9 Å². The van der Waals surface area contributed by atoms with Crippen LogP contribution >= 0.6 is 0 Å². The SMILES string of the molecule is CC(N(C)C(=O)N1CCC(CC(=O)O)CC1)C(C)(C)C. The Morgan fingerprint density at radius 2 is 1.80 bits per heavy atom. The number of piperidine rings is 1. The van der Waals surface area contributed by atoms with Gasteiger partial charge in [-0.05, 0) is 31.1 Å². The first-order chi connectivity index (χ1) is 9.12. The third-order valence-electron chi connectivity index (χ3n) is 4.48. The van der Waals surface area contributed by atoms with Crippen molar-refractivity contribution >= 4 is 12.0 Å². The van der Waals surface area contributed by atoms with Crippen LogP contribution in [-0.2, 0) is 4.79 Å². The predicted molar refractivity (Wildman–Crippen MR) is 78.6 cm³/mol. The molecule has 1 unspecified atom stereocenters. The van der Waals surface area contributed by atoms with Crippen LogP contribution in [0, 0.1) is 11.3 Å².